The zero-order chi connectivity index (χ0) is 13.8. The van der Waals surface area contributed by atoms with Gasteiger partial charge in [0.2, 0.25) is 0 Å². The first-order chi connectivity index (χ1) is 9.10. The van der Waals surface area contributed by atoms with Gasteiger partial charge in [-0.05, 0) is 24.6 Å². The van der Waals surface area contributed by atoms with Crippen molar-refractivity contribution in [3.05, 3.63) is 46.3 Å². The number of halogens is 2. The Balaban J connectivity index is 2.11. The number of aromatic nitrogens is 2. The Morgan fingerprint density at radius 1 is 1.53 bits per heavy atom. The highest BCUT2D eigenvalue weighted by atomic mass is 35.5. The normalized spacial score (nSPS) is 10.5. The van der Waals surface area contributed by atoms with Crippen LogP contribution in [-0.4, -0.2) is 22.7 Å². The Bertz CT molecular complexity index is 600. The van der Waals surface area contributed by atoms with Crippen LogP contribution in [0.3, 0.4) is 0 Å². The van der Waals surface area contributed by atoms with E-state index in [1.165, 1.54) is 12.1 Å². The van der Waals surface area contributed by atoms with Crippen LogP contribution < -0.4 is 0 Å². The van der Waals surface area contributed by atoms with Crippen molar-refractivity contribution in [3.63, 3.8) is 0 Å². The maximum absolute atomic E-state index is 13.2. The van der Waals surface area contributed by atoms with Crippen LogP contribution in [0.2, 0.25) is 5.02 Å². The Kier molecular flexibility index (Phi) is 4.11. The summed E-state index contributed by atoms with van der Waals surface area (Å²) in [6, 6.07) is 4.37. The number of carbonyl (C=O) groups excluding carboxylic acids is 1. The molecule has 0 spiro atoms. The van der Waals surface area contributed by atoms with E-state index in [1.54, 1.807) is 13.0 Å². The second kappa shape index (κ2) is 5.79. The smallest absolute Gasteiger partial charge is 0.397 e. The third kappa shape index (κ3) is 3.29. The average Bonchev–Trinajstić information content (AvgIpc) is 2.83. The van der Waals surface area contributed by atoms with E-state index in [-0.39, 0.29) is 29.8 Å². The highest BCUT2D eigenvalue weighted by Gasteiger charge is 2.16. The van der Waals surface area contributed by atoms with Crippen LogP contribution in [0.25, 0.3) is 0 Å². The molecule has 2 rings (SSSR count). The lowest BCUT2D eigenvalue weighted by molar-refractivity contribution is 0.0470. The summed E-state index contributed by atoms with van der Waals surface area (Å²) < 4.78 is 22.7. The minimum Gasteiger partial charge on any atom is -0.459 e. The van der Waals surface area contributed by atoms with Crippen molar-refractivity contribution in [2.45, 2.75) is 13.3 Å². The standard InChI is InChI=1S/C12H10ClFN2O3/c1-2-18-12(17)11-15-10(16-19-11)6-7-3-4-8(13)9(14)5-7/h3-5H,2,6H2,1H3. The van der Waals surface area contributed by atoms with E-state index in [1.807, 2.05) is 0 Å². The molecular weight excluding hydrogens is 275 g/mol. The molecule has 100 valence electrons. The van der Waals surface area contributed by atoms with Gasteiger partial charge >= 0.3 is 11.9 Å². The van der Waals surface area contributed by atoms with E-state index < -0.39 is 11.8 Å². The zero-order valence-corrected chi connectivity index (χ0v) is 10.8. The molecule has 7 heteroatoms. The molecule has 0 radical (unpaired) electrons. The van der Waals surface area contributed by atoms with Gasteiger partial charge in [-0.1, -0.05) is 22.8 Å². The van der Waals surface area contributed by atoms with E-state index in [0.717, 1.165) is 0 Å². The van der Waals surface area contributed by atoms with Crippen LogP contribution in [0.5, 0.6) is 0 Å². The summed E-state index contributed by atoms with van der Waals surface area (Å²) in [4.78, 5) is 15.2. The Hall–Kier alpha value is -1.95. The molecule has 1 aromatic heterocycles. The van der Waals surface area contributed by atoms with Crippen LogP contribution in [-0.2, 0) is 11.2 Å². The highest BCUT2D eigenvalue weighted by molar-refractivity contribution is 6.30. The van der Waals surface area contributed by atoms with Crippen molar-refractivity contribution in [2.75, 3.05) is 6.61 Å². The first-order valence-electron chi connectivity index (χ1n) is 5.53. The van der Waals surface area contributed by atoms with E-state index in [0.29, 0.717) is 5.56 Å². The van der Waals surface area contributed by atoms with Gasteiger partial charge in [0.15, 0.2) is 5.82 Å². The number of hydrogen-bond acceptors (Lipinski definition) is 5. The summed E-state index contributed by atoms with van der Waals surface area (Å²) in [5.74, 6) is -1.15. The van der Waals surface area contributed by atoms with Gasteiger partial charge in [-0.3, -0.25) is 0 Å². The number of carbonyl (C=O) groups is 1. The van der Waals surface area contributed by atoms with E-state index >= 15 is 0 Å². The minimum atomic E-state index is -0.677. The molecule has 0 saturated carbocycles. The van der Waals surface area contributed by atoms with Gasteiger partial charge in [0.05, 0.1) is 11.6 Å². The van der Waals surface area contributed by atoms with Crippen LogP contribution in [0.1, 0.15) is 29.0 Å². The predicted molar refractivity (Wildman–Crippen MR) is 64.5 cm³/mol. The number of ether oxygens (including phenoxy) is 1. The lowest BCUT2D eigenvalue weighted by atomic mass is 10.1. The van der Waals surface area contributed by atoms with Crippen molar-refractivity contribution in [1.82, 2.24) is 10.1 Å². The topological polar surface area (TPSA) is 65.2 Å². The summed E-state index contributed by atoms with van der Waals surface area (Å²) in [7, 11) is 0. The molecule has 0 bridgehead atoms. The molecule has 1 aromatic carbocycles. The quantitative estimate of drug-likeness (QED) is 0.808. The number of hydrogen-bond donors (Lipinski definition) is 0. The molecule has 0 unspecified atom stereocenters. The lowest BCUT2D eigenvalue weighted by Crippen LogP contribution is -2.05. The molecule has 5 nitrogen and oxygen atoms in total. The molecule has 19 heavy (non-hydrogen) atoms. The first kappa shape index (κ1) is 13.5. The maximum Gasteiger partial charge on any atom is 0.397 e. The minimum absolute atomic E-state index is 0.0454. The second-order valence-corrected chi connectivity index (χ2v) is 4.07. The first-order valence-corrected chi connectivity index (χ1v) is 5.91. The monoisotopic (exact) mass is 284 g/mol. The fraction of sp³-hybridized carbons (Fsp3) is 0.250. The van der Waals surface area contributed by atoms with Gasteiger partial charge in [-0.15, -0.1) is 0 Å². The molecule has 0 aliphatic carbocycles. The third-order valence-corrected chi connectivity index (χ3v) is 2.57. The largest absolute Gasteiger partial charge is 0.459 e. The summed E-state index contributed by atoms with van der Waals surface area (Å²) in [5.41, 5.74) is 0.623. The number of rotatable bonds is 4. The van der Waals surface area contributed by atoms with Gasteiger partial charge in [0.25, 0.3) is 0 Å². The van der Waals surface area contributed by atoms with Gasteiger partial charge in [0.1, 0.15) is 5.82 Å². The van der Waals surface area contributed by atoms with Crippen LogP contribution in [0, 0.1) is 5.82 Å². The number of esters is 1. The predicted octanol–water partition coefficient (Wildman–Crippen LogP) is 2.63. The molecule has 0 aliphatic rings. The number of nitrogens with zero attached hydrogens (tertiary/aromatic N) is 2. The molecule has 2 aromatic rings. The molecule has 0 saturated heterocycles. The molecule has 0 amide bonds. The van der Waals surface area contributed by atoms with Crippen LogP contribution in [0.4, 0.5) is 4.39 Å². The summed E-state index contributed by atoms with van der Waals surface area (Å²) >= 11 is 5.58. The fourth-order valence-corrected chi connectivity index (χ4v) is 1.55. The highest BCUT2D eigenvalue weighted by Crippen LogP contribution is 2.17. The zero-order valence-electron chi connectivity index (χ0n) is 10.0. The van der Waals surface area contributed by atoms with Crippen molar-refractivity contribution >= 4 is 17.6 Å². The van der Waals surface area contributed by atoms with Crippen molar-refractivity contribution in [1.29, 1.82) is 0 Å². The van der Waals surface area contributed by atoms with Crippen LogP contribution >= 0.6 is 11.6 Å². The molecular formula is C12H10ClFN2O3. The summed E-state index contributed by atoms with van der Waals surface area (Å²) in [6.07, 6.45) is 0.233. The Morgan fingerprint density at radius 3 is 3.00 bits per heavy atom. The Labute approximate surface area is 113 Å². The molecule has 1 heterocycles. The van der Waals surface area contributed by atoms with Crippen molar-refractivity contribution in [3.8, 4) is 0 Å². The van der Waals surface area contributed by atoms with Gasteiger partial charge in [-0.25, -0.2) is 9.18 Å². The van der Waals surface area contributed by atoms with Gasteiger partial charge in [-0.2, -0.15) is 4.98 Å². The van der Waals surface area contributed by atoms with Gasteiger partial charge in [0, 0.05) is 6.42 Å². The molecule has 0 atom stereocenters. The molecule has 0 aliphatic heterocycles. The summed E-state index contributed by atoms with van der Waals surface area (Å²) in [6.45, 7) is 1.89. The van der Waals surface area contributed by atoms with E-state index in [2.05, 4.69) is 10.1 Å². The Morgan fingerprint density at radius 2 is 2.32 bits per heavy atom. The second-order valence-electron chi connectivity index (χ2n) is 3.66. The lowest BCUT2D eigenvalue weighted by Gasteiger charge is -1.98. The maximum atomic E-state index is 13.2. The summed E-state index contributed by atoms with van der Waals surface area (Å²) in [5, 5.41) is 3.67. The SMILES string of the molecule is CCOC(=O)c1nc(Cc2ccc(Cl)c(F)c2)no1. The van der Waals surface area contributed by atoms with Crippen molar-refractivity contribution < 1.29 is 18.4 Å². The van der Waals surface area contributed by atoms with E-state index in [4.69, 9.17) is 20.9 Å². The van der Waals surface area contributed by atoms with E-state index in [9.17, 15) is 9.18 Å². The fourth-order valence-electron chi connectivity index (χ4n) is 1.43. The number of benzene rings is 1. The van der Waals surface area contributed by atoms with Crippen molar-refractivity contribution in [2.24, 2.45) is 0 Å². The molecule has 0 fully saturated rings. The van der Waals surface area contributed by atoms with Crippen LogP contribution in [0.15, 0.2) is 22.7 Å². The van der Waals surface area contributed by atoms with Gasteiger partial charge < -0.3 is 9.26 Å². The molecule has 0 N–H and O–H groups in total. The third-order valence-electron chi connectivity index (χ3n) is 2.26. The average molecular weight is 285 g/mol.